The molecule has 1 heterocycles. The zero-order valence-corrected chi connectivity index (χ0v) is 22.1. The fourth-order valence-electron chi connectivity index (χ4n) is 4.57. The molecule has 3 aromatic carbocycles. The first-order valence-corrected chi connectivity index (χ1v) is 12.4. The fourth-order valence-corrected chi connectivity index (χ4v) is 4.57. The van der Waals surface area contributed by atoms with Crippen LogP contribution in [0.15, 0.2) is 66.7 Å². The normalized spacial score (nSPS) is 12.7. The van der Waals surface area contributed by atoms with E-state index in [1.54, 1.807) is 28.4 Å². The lowest BCUT2D eigenvalue weighted by molar-refractivity contribution is 0.116. The Morgan fingerprint density at radius 3 is 2.16 bits per heavy atom. The van der Waals surface area contributed by atoms with Crippen molar-refractivity contribution >= 4 is 10.9 Å². The van der Waals surface area contributed by atoms with Crippen molar-refractivity contribution < 1.29 is 29.2 Å². The van der Waals surface area contributed by atoms with Crippen LogP contribution in [0, 0.1) is 0 Å². The predicted molar refractivity (Wildman–Crippen MR) is 147 cm³/mol. The fraction of sp³-hybridized carbons (Fsp3) is 0.300. The van der Waals surface area contributed by atoms with E-state index in [-0.39, 0.29) is 12.6 Å². The van der Waals surface area contributed by atoms with E-state index >= 15 is 0 Å². The number of hydrogen-bond donors (Lipinski definition) is 3. The monoisotopic (exact) mass is 518 g/mol. The first kappa shape index (κ1) is 27.2. The lowest BCUT2D eigenvalue weighted by Gasteiger charge is -2.24. The number of nitrogens with one attached hydrogen (secondary N) is 1. The van der Waals surface area contributed by atoms with Crippen LogP contribution in [-0.2, 0) is 6.42 Å². The van der Waals surface area contributed by atoms with Crippen molar-refractivity contribution in [3.05, 3.63) is 77.9 Å². The highest BCUT2D eigenvalue weighted by molar-refractivity contribution is 5.87. The third-order valence-corrected chi connectivity index (χ3v) is 6.50. The van der Waals surface area contributed by atoms with Crippen LogP contribution < -0.4 is 24.3 Å². The third kappa shape index (κ3) is 5.99. The maximum absolute atomic E-state index is 11.5. The molecule has 0 spiro atoms. The van der Waals surface area contributed by atoms with Gasteiger partial charge in [0, 0.05) is 29.2 Å². The molecule has 0 saturated heterocycles. The highest BCUT2D eigenvalue weighted by Crippen LogP contribution is 2.41. The van der Waals surface area contributed by atoms with Crippen LogP contribution >= 0.6 is 0 Å². The number of rotatable bonds is 12. The molecular formula is C30H34N2O6. The minimum Gasteiger partial charge on any atom is -0.497 e. The third-order valence-electron chi connectivity index (χ3n) is 6.50. The maximum atomic E-state index is 11.5. The molecule has 0 radical (unpaired) electrons. The number of fused-ring (bicyclic) bond motifs is 1. The van der Waals surface area contributed by atoms with Crippen molar-refractivity contribution in [2.45, 2.75) is 25.1 Å². The molecule has 0 saturated carbocycles. The van der Waals surface area contributed by atoms with Gasteiger partial charge < -0.3 is 29.2 Å². The second-order valence-corrected chi connectivity index (χ2v) is 8.86. The molecule has 0 aliphatic carbocycles. The van der Waals surface area contributed by atoms with Gasteiger partial charge in [0.05, 0.1) is 39.6 Å². The van der Waals surface area contributed by atoms with Crippen LogP contribution in [0.3, 0.4) is 0 Å². The summed E-state index contributed by atoms with van der Waals surface area (Å²) in [4.78, 5) is 4.87. The zero-order valence-electron chi connectivity index (χ0n) is 22.1. The minimum atomic E-state index is -1.03. The second kappa shape index (κ2) is 12.6. The van der Waals surface area contributed by atoms with Gasteiger partial charge in [-0.1, -0.05) is 30.3 Å². The first-order valence-electron chi connectivity index (χ1n) is 12.4. The summed E-state index contributed by atoms with van der Waals surface area (Å²) in [5.74, 6) is 2.15. The molecule has 0 amide bonds. The molecule has 0 aliphatic heterocycles. The van der Waals surface area contributed by atoms with Crippen LogP contribution in [0.25, 0.3) is 22.2 Å². The molecule has 0 aliphatic rings. The van der Waals surface area contributed by atoms with E-state index in [0.29, 0.717) is 52.6 Å². The highest BCUT2D eigenvalue weighted by Gasteiger charge is 2.21. The van der Waals surface area contributed by atoms with Crippen molar-refractivity contribution in [3.63, 3.8) is 0 Å². The van der Waals surface area contributed by atoms with Gasteiger partial charge in [0.2, 0.25) is 5.75 Å². The van der Waals surface area contributed by atoms with Crippen LogP contribution in [0.1, 0.15) is 23.8 Å². The van der Waals surface area contributed by atoms with Crippen molar-refractivity contribution in [2.24, 2.45) is 0 Å². The summed E-state index contributed by atoms with van der Waals surface area (Å²) >= 11 is 0. The Kier molecular flexibility index (Phi) is 9.02. The number of aromatic nitrogens is 1. The lowest BCUT2D eigenvalue weighted by Crippen LogP contribution is -2.35. The van der Waals surface area contributed by atoms with Crippen LogP contribution in [0.2, 0.25) is 0 Å². The largest absolute Gasteiger partial charge is 0.497 e. The molecule has 1 unspecified atom stereocenters. The number of methoxy groups -OCH3 is 4. The van der Waals surface area contributed by atoms with Crippen molar-refractivity contribution in [1.82, 2.24) is 10.3 Å². The van der Waals surface area contributed by atoms with E-state index in [2.05, 4.69) is 5.32 Å². The molecule has 1 aromatic heterocycles. The van der Waals surface area contributed by atoms with Crippen molar-refractivity contribution in [1.29, 1.82) is 0 Å². The zero-order chi connectivity index (χ0) is 27.1. The smallest absolute Gasteiger partial charge is 0.203 e. The molecule has 3 N–H and O–H groups in total. The van der Waals surface area contributed by atoms with E-state index in [0.717, 1.165) is 16.5 Å². The summed E-state index contributed by atoms with van der Waals surface area (Å²) < 4.78 is 22.0. The van der Waals surface area contributed by atoms with Gasteiger partial charge in [-0.2, -0.15) is 0 Å². The van der Waals surface area contributed by atoms with Crippen molar-refractivity contribution in [3.8, 4) is 34.3 Å². The molecule has 2 atom stereocenters. The lowest BCUT2D eigenvalue weighted by atomic mass is 10.00. The molecule has 4 aromatic rings. The van der Waals surface area contributed by atoms with E-state index < -0.39 is 6.23 Å². The van der Waals surface area contributed by atoms with E-state index in [9.17, 15) is 10.2 Å². The molecule has 0 bridgehead atoms. The van der Waals surface area contributed by atoms with Gasteiger partial charge in [0.1, 0.15) is 12.0 Å². The number of pyridine rings is 1. The number of benzene rings is 3. The summed E-state index contributed by atoms with van der Waals surface area (Å²) in [6, 6.07) is 20.9. The Morgan fingerprint density at radius 2 is 1.55 bits per heavy atom. The number of aliphatic hydroxyl groups is 2. The standard InChI is InChI=1S/C30H34N2O6/c1-35-22-10-11-25-23(17-22)24(30(34)31-21(12-13-33)14-19-8-6-5-7-9-19)18-26(32-25)20-15-27(36-2)29(38-4)28(16-20)37-3/h5-11,15-18,21,30-31,33-34H,12-14H2,1-4H3/t21-,30?/m0/s1. The van der Waals surface area contributed by atoms with E-state index in [4.69, 9.17) is 23.9 Å². The SMILES string of the molecule is COc1ccc2nc(-c3cc(OC)c(OC)c(OC)c3)cc(C(O)N[C@@H](CCO)Cc3ccccc3)c2c1. The van der Waals surface area contributed by atoms with Gasteiger partial charge in [0.15, 0.2) is 11.5 Å². The minimum absolute atomic E-state index is 0.00117. The van der Waals surface area contributed by atoms with Gasteiger partial charge in [-0.15, -0.1) is 0 Å². The Morgan fingerprint density at radius 1 is 0.842 bits per heavy atom. The van der Waals surface area contributed by atoms with E-state index in [1.807, 2.05) is 66.7 Å². The Hall–Kier alpha value is -3.85. The van der Waals surface area contributed by atoms with Crippen LogP contribution in [0.5, 0.6) is 23.0 Å². The van der Waals surface area contributed by atoms with Crippen LogP contribution in [-0.4, -0.2) is 56.3 Å². The predicted octanol–water partition coefficient (Wildman–Crippen LogP) is 4.51. The number of ether oxygens (including phenoxy) is 4. The van der Waals surface area contributed by atoms with Gasteiger partial charge in [-0.05, 0) is 54.8 Å². The van der Waals surface area contributed by atoms with Gasteiger partial charge in [0.25, 0.3) is 0 Å². The van der Waals surface area contributed by atoms with Gasteiger partial charge in [-0.25, -0.2) is 4.98 Å². The van der Waals surface area contributed by atoms with E-state index in [1.165, 1.54) is 0 Å². The molecule has 4 rings (SSSR count). The van der Waals surface area contributed by atoms with Crippen LogP contribution in [0.4, 0.5) is 0 Å². The molecule has 8 heteroatoms. The Balaban J connectivity index is 1.79. The number of aliphatic hydroxyl groups excluding tert-OH is 2. The van der Waals surface area contributed by atoms with Gasteiger partial charge in [-0.3, -0.25) is 5.32 Å². The average Bonchev–Trinajstić information content (AvgIpc) is 2.95. The Labute approximate surface area is 222 Å². The second-order valence-electron chi connectivity index (χ2n) is 8.86. The summed E-state index contributed by atoms with van der Waals surface area (Å²) in [5, 5.41) is 25.2. The molecular weight excluding hydrogens is 484 g/mol. The summed E-state index contributed by atoms with van der Waals surface area (Å²) in [6.45, 7) is -0.00117. The maximum Gasteiger partial charge on any atom is 0.203 e. The molecule has 8 nitrogen and oxygen atoms in total. The molecule has 0 fully saturated rings. The average molecular weight is 519 g/mol. The molecule has 38 heavy (non-hydrogen) atoms. The Bertz CT molecular complexity index is 1340. The summed E-state index contributed by atoms with van der Waals surface area (Å²) in [6.07, 6.45) is 0.108. The topological polar surface area (TPSA) is 102 Å². The summed E-state index contributed by atoms with van der Waals surface area (Å²) in [7, 11) is 6.28. The summed E-state index contributed by atoms with van der Waals surface area (Å²) in [5.41, 5.74) is 3.80. The van der Waals surface area contributed by atoms with Crippen molar-refractivity contribution in [2.75, 3.05) is 35.0 Å². The quantitative estimate of drug-likeness (QED) is 0.236. The van der Waals surface area contributed by atoms with Gasteiger partial charge >= 0.3 is 0 Å². The number of hydrogen-bond acceptors (Lipinski definition) is 8. The first-order chi connectivity index (χ1) is 18.5. The highest BCUT2D eigenvalue weighted by atomic mass is 16.5. The molecule has 200 valence electrons. The number of nitrogens with zero attached hydrogens (tertiary/aromatic N) is 1.